The third-order valence-corrected chi connectivity index (χ3v) is 4.80. The summed E-state index contributed by atoms with van der Waals surface area (Å²) in [6, 6.07) is 14.5. The summed E-state index contributed by atoms with van der Waals surface area (Å²) in [6.07, 6.45) is 1.48. The van der Waals surface area contributed by atoms with Crippen LogP contribution in [0.1, 0.15) is 22.3 Å². The molecule has 0 unspecified atom stereocenters. The fourth-order valence-electron chi connectivity index (χ4n) is 3.32. The highest BCUT2D eigenvalue weighted by molar-refractivity contribution is 5.78. The minimum Gasteiger partial charge on any atom is -0.496 e. The Balaban J connectivity index is 1.44. The molecule has 0 saturated heterocycles. The topological polar surface area (TPSA) is 41.6 Å². The molecule has 0 bridgehead atoms. The van der Waals surface area contributed by atoms with Gasteiger partial charge < -0.3 is 10.1 Å². The van der Waals surface area contributed by atoms with Crippen molar-refractivity contribution in [3.63, 3.8) is 0 Å². The van der Waals surface area contributed by atoms with Crippen molar-refractivity contribution >= 4 is 5.91 Å². The zero-order chi connectivity index (χ0) is 17.6. The number of methoxy groups -OCH3 is 1. The van der Waals surface area contributed by atoms with E-state index in [0.717, 1.165) is 42.9 Å². The van der Waals surface area contributed by atoms with Gasteiger partial charge in [-0.25, -0.2) is 0 Å². The van der Waals surface area contributed by atoms with Gasteiger partial charge in [0.2, 0.25) is 5.91 Å². The highest BCUT2D eigenvalue weighted by Gasteiger charge is 2.15. The van der Waals surface area contributed by atoms with Gasteiger partial charge in [0, 0.05) is 26.2 Å². The Kier molecular flexibility index (Phi) is 5.71. The molecule has 0 fully saturated rings. The molecule has 132 valence electrons. The lowest BCUT2D eigenvalue weighted by Crippen LogP contribution is -2.38. The molecule has 4 nitrogen and oxygen atoms in total. The number of rotatable bonds is 6. The predicted octanol–water partition coefficient (Wildman–Crippen LogP) is 2.72. The molecule has 0 atom stereocenters. The van der Waals surface area contributed by atoms with E-state index in [1.807, 2.05) is 25.1 Å². The van der Waals surface area contributed by atoms with Crippen molar-refractivity contribution in [2.24, 2.45) is 0 Å². The molecule has 0 radical (unpaired) electrons. The number of amides is 1. The van der Waals surface area contributed by atoms with E-state index in [4.69, 9.17) is 4.74 Å². The summed E-state index contributed by atoms with van der Waals surface area (Å²) in [5.41, 5.74) is 4.92. The van der Waals surface area contributed by atoms with Crippen LogP contribution in [0.4, 0.5) is 0 Å². The Hall–Kier alpha value is -2.33. The third-order valence-electron chi connectivity index (χ3n) is 4.80. The molecule has 0 aromatic heterocycles. The van der Waals surface area contributed by atoms with Crippen LogP contribution in [-0.2, 0) is 24.2 Å². The fourth-order valence-corrected chi connectivity index (χ4v) is 3.32. The Morgan fingerprint density at radius 2 is 2.00 bits per heavy atom. The highest BCUT2D eigenvalue weighted by atomic mass is 16.5. The summed E-state index contributed by atoms with van der Waals surface area (Å²) in [5.74, 6) is 0.889. The average Bonchev–Trinajstić information content (AvgIpc) is 2.63. The molecule has 1 aliphatic heterocycles. The van der Waals surface area contributed by atoms with Crippen LogP contribution < -0.4 is 10.1 Å². The van der Waals surface area contributed by atoms with Crippen molar-refractivity contribution < 1.29 is 9.53 Å². The average molecular weight is 338 g/mol. The zero-order valence-electron chi connectivity index (χ0n) is 15.0. The largest absolute Gasteiger partial charge is 0.496 e. The van der Waals surface area contributed by atoms with Crippen LogP contribution in [-0.4, -0.2) is 37.6 Å². The van der Waals surface area contributed by atoms with E-state index in [9.17, 15) is 4.79 Å². The Bertz CT molecular complexity index is 742. The molecule has 0 saturated carbocycles. The number of carbonyl (C=O) groups excluding carboxylic acids is 1. The van der Waals surface area contributed by atoms with Gasteiger partial charge in [-0.05, 0) is 41.7 Å². The minimum atomic E-state index is 0.0586. The van der Waals surface area contributed by atoms with Crippen LogP contribution in [0, 0.1) is 6.92 Å². The minimum absolute atomic E-state index is 0.0586. The SMILES string of the molecule is COc1cc(CC(=O)NCCN2CCc3ccccc3C2)ccc1C. The number of fused-ring (bicyclic) bond motifs is 1. The Labute approximate surface area is 149 Å². The first kappa shape index (κ1) is 17.5. The monoisotopic (exact) mass is 338 g/mol. The first-order valence-electron chi connectivity index (χ1n) is 8.85. The van der Waals surface area contributed by atoms with E-state index < -0.39 is 0 Å². The van der Waals surface area contributed by atoms with Gasteiger partial charge in [-0.3, -0.25) is 9.69 Å². The normalized spacial score (nSPS) is 14.0. The van der Waals surface area contributed by atoms with Crippen molar-refractivity contribution in [1.29, 1.82) is 0 Å². The van der Waals surface area contributed by atoms with Crippen LogP contribution >= 0.6 is 0 Å². The predicted molar refractivity (Wildman–Crippen MR) is 99.9 cm³/mol. The van der Waals surface area contributed by atoms with E-state index in [2.05, 4.69) is 34.5 Å². The quantitative estimate of drug-likeness (QED) is 0.880. The summed E-state index contributed by atoms with van der Waals surface area (Å²) in [6.45, 7) is 5.60. The van der Waals surface area contributed by atoms with Crippen LogP contribution in [0.15, 0.2) is 42.5 Å². The molecule has 0 spiro atoms. The van der Waals surface area contributed by atoms with Gasteiger partial charge in [0.15, 0.2) is 0 Å². The number of nitrogens with one attached hydrogen (secondary N) is 1. The van der Waals surface area contributed by atoms with Gasteiger partial charge in [-0.1, -0.05) is 36.4 Å². The van der Waals surface area contributed by atoms with Gasteiger partial charge in [-0.15, -0.1) is 0 Å². The molecule has 2 aromatic rings. The number of hydrogen-bond donors (Lipinski definition) is 1. The van der Waals surface area contributed by atoms with Gasteiger partial charge in [0.05, 0.1) is 13.5 Å². The number of aryl methyl sites for hydroxylation is 1. The summed E-state index contributed by atoms with van der Waals surface area (Å²) in [4.78, 5) is 14.6. The van der Waals surface area contributed by atoms with Gasteiger partial charge in [0.1, 0.15) is 5.75 Å². The Morgan fingerprint density at radius 3 is 2.80 bits per heavy atom. The lowest BCUT2D eigenvalue weighted by molar-refractivity contribution is -0.120. The highest BCUT2D eigenvalue weighted by Crippen LogP contribution is 2.19. The van der Waals surface area contributed by atoms with E-state index in [1.54, 1.807) is 7.11 Å². The number of carbonyl (C=O) groups is 1. The number of hydrogen-bond acceptors (Lipinski definition) is 3. The molecular weight excluding hydrogens is 312 g/mol. The molecule has 1 N–H and O–H groups in total. The van der Waals surface area contributed by atoms with Crippen LogP contribution in [0.5, 0.6) is 5.75 Å². The molecule has 3 rings (SSSR count). The maximum Gasteiger partial charge on any atom is 0.224 e. The maximum atomic E-state index is 12.2. The van der Waals surface area contributed by atoms with Crippen molar-refractivity contribution in [2.45, 2.75) is 26.3 Å². The lowest BCUT2D eigenvalue weighted by atomic mass is 10.00. The summed E-state index contributed by atoms with van der Waals surface area (Å²) in [7, 11) is 1.66. The molecule has 1 amide bonds. The lowest BCUT2D eigenvalue weighted by Gasteiger charge is -2.28. The van der Waals surface area contributed by atoms with Gasteiger partial charge >= 0.3 is 0 Å². The van der Waals surface area contributed by atoms with E-state index >= 15 is 0 Å². The summed E-state index contributed by atoms with van der Waals surface area (Å²) in [5, 5.41) is 3.03. The number of ether oxygens (including phenoxy) is 1. The second-order valence-corrected chi connectivity index (χ2v) is 6.63. The van der Waals surface area contributed by atoms with Gasteiger partial charge in [0.25, 0.3) is 0 Å². The van der Waals surface area contributed by atoms with E-state index in [1.165, 1.54) is 11.1 Å². The molecule has 1 heterocycles. The summed E-state index contributed by atoms with van der Waals surface area (Å²) < 4.78 is 5.32. The van der Waals surface area contributed by atoms with Crippen molar-refractivity contribution in [2.75, 3.05) is 26.7 Å². The second kappa shape index (κ2) is 8.17. The molecule has 0 aliphatic carbocycles. The maximum absolute atomic E-state index is 12.2. The molecule has 2 aromatic carbocycles. The number of nitrogens with zero attached hydrogens (tertiary/aromatic N) is 1. The van der Waals surface area contributed by atoms with E-state index in [-0.39, 0.29) is 5.91 Å². The number of benzene rings is 2. The van der Waals surface area contributed by atoms with E-state index in [0.29, 0.717) is 13.0 Å². The Morgan fingerprint density at radius 1 is 1.20 bits per heavy atom. The first-order valence-corrected chi connectivity index (χ1v) is 8.85. The second-order valence-electron chi connectivity index (χ2n) is 6.63. The third kappa shape index (κ3) is 4.60. The zero-order valence-corrected chi connectivity index (χ0v) is 15.0. The molecule has 25 heavy (non-hydrogen) atoms. The van der Waals surface area contributed by atoms with Crippen LogP contribution in [0.3, 0.4) is 0 Å². The standard InChI is InChI=1S/C21H26N2O2/c1-16-7-8-17(13-20(16)25-2)14-21(24)22-10-12-23-11-9-18-5-3-4-6-19(18)15-23/h3-8,13H,9-12,14-15H2,1-2H3,(H,22,24). The molecule has 4 heteroatoms. The van der Waals surface area contributed by atoms with Crippen molar-refractivity contribution in [3.8, 4) is 5.75 Å². The van der Waals surface area contributed by atoms with Crippen molar-refractivity contribution in [3.05, 3.63) is 64.7 Å². The van der Waals surface area contributed by atoms with Crippen LogP contribution in [0.25, 0.3) is 0 Å². The van der Waals surface area contributed by atoms with Crippen LogP contribution in [0.2, 0.25) is 0 Å². The summed E-state index contributed by atoms with van der Waals surface area (Å²) >= 11 is 0. The first-order chi connectivity index (χ1) is 12.2. The van der Waals surface area contributed by atoms with Crippen molar-refractivity contribution in [1.82, 2.24) is 10.2 Å². The molecular formula is C21H26N2O2. The smallest absolute Gasteiger partial charge is 0.224 e. The fraction of sp³-hybridized carbons (Fsp3) is 0.381. The van der Waals surface area contributed by atoms with Gasteiger partial charge in [-0.2, -0.15) is 0 Å². The molecule has 1 aliphatic rings.